The van der Waals surface area contributed by atoms with Crippen LogP contribution in [-0.2, 0) is 18.5 Å². The van der Waals surface area contributed by atoms with Crippen molar-refractivity contribution in [3.05, 3.63) is 277 Å². The summed E-state index contributed by atoms with van der Waals surface area (Å²) in [4.78, 5) is 119. The summed E-state index contributed by atoms with van der Waals surface area (Å²) in [6.45, 7) is 17.0. The van der Waals surface area contributed by atoms with Gasteiger partial charge in [-0.15, -0.1) is 0 Å². The molecule has 8 aromatic heterocycles. The van der Waals surface area contributed by atoms with E-state index in [2.05, 4.69) is 98.8 Å². The average Bonchev–Trinajstić information content (AvgIpc) is 1.67. The van der Waals surface area contributed by atoms with Gasteiger partial charge in [0.15, 0.2) is 40.4 Å². The fraction of sp³-hybridized carbons (Fsp3) is 0.205. The Bertz CT molecular complexity index is 6390. The molecule has 8 heterocycles. The number of halogens is 14. The largest absolute Gasteiger partial charge is 0.435 e. The molecule has 0 aliphatic rings. The van der Waals surface area contributed by atoms with Gasteiger partial charge >= 0.3 is 18.5 Å². The van der Waals surface area contributed by atoms with Crippen molar-refractivity contribution in [2.24, 2.45) is 0 Å². The standard InChI is InChI=1S/C23H21F3N6O2.C21H17F3N6O2.C20H18BrCl2N5O2.C19H14Cl2F3N5O2/c1-12(2)29-21(33)16-9-15(11-27)8-14(4)19(16)30-22(34)17-10-18(23(24,25)26)31-32(17)20-13(3)6-5-7-28-20;1-11-5-4-6-27-18(11)30-15(9-16(29-30)21(22,23)24)20(32)28-17-12(2)7-13(10-25)8-14(17)19(31)26-3;1-10(2)25-19(29)13-7-12(22)8-14(23)17(13)26-20(30)15-9-16(21)27-28(15)18-11(3)5-4-6-24-18;1-9-4-3-5-26-16(9)29-13(8-14(28-29)19(22,23)24)18(31)27-15-11(17(30)25-2)6-10(20)7-12(15)21/h5-10,12H,1-4H3,(H,29,33)(H,30,34);4-9H,1-3H3,(H,26,31)(H,28,32);4-10H,1-3H3,(H,25,29)(H,26,30);3-8H,1-2H3,(H,25,30)(H,27,31). The monoisotopic (exact) mass is 1890 g/mol. The second-order valence-electron chi connectivity index (χ2n) is 27.8. The smallest absolute Gasteiger partial charge is 0.355 e. The average molecular weight is 1900 g/mol. The SMILES string of the molecule is CNC(=O)c1cc(C#N)cc(C)c1NC(=O)c1cc(C(F)(F)F)nn1-c1ncccc1C.CNC(=O)c1cc(Cl)cc(Cl)c1NC(=O)c1cc(C(F)(F)F)nn1-c1ncccc1C.Cc1cccnc1-n1nc(Br)cc1C(=O)Nc1c(Cl)cc(Cl)cc1C(=O)NC(C)C.Cc1cccnc1-n1nc(C(F)(F)F)cc1C(=O)Nc1c(C)cc(C#N)cc1C(=O)NC(C)C. The van der Waals surface area contributed by atoms with E-state index in [9.17, 15) is 83.1 Å². The third kappa shape index (κ3) is 23.6. The Morgan fingerprint density at radius 3 is 0.913 bits per heavy atom. The van der Waals surface area contributed by atoms with Gasteiger partial charge in [-0.2, -0.15) is 70.4 Å². The second kappa shape index (κ2) is 40.8. The van der Waals surface area contributed by atoms with E-state index in [4.69, 9.17) is 51.7 Å². The van der Waals surface area contributed by atoms with Crippen molar-refractivity contribution in [3.8, 4) is 35.4 Å². The Kier molecular flexibility index (Phi) is 31.1. The number of carbonyl (C=O) groups excluding carboxylic acids is 8. The number of anilines is 4. The molecule has 30 nitrogen and oxygen atoms in total. The van der Waals surface area contributed by atoms with Gasteiger partial charge in [0.1, 0.15) is 27.4 Å². The van der Waals surface area contributed by atoms with Crippen molar-refractivity contribution in [2.45, 2.75) is 99.8 Å². The first-order valence-electron chi connectivity index (χ1n) is 37.0. The molecule has 0 atom stereocenters. The van der Waals surface area contributed by atoms with Crippen LogP contribution in [0.3, 0.4) is 0 Å². The quantitative estimate of drug-likeness (QED) is 0.0370. The third-order valence-electron chi connectivity index (χ3n) is 17.6. The van der Waals surface area contributed by atoms with Gasteiger partial charge in [0.05, 0.1) is 78.3 Å². The number of carbonyl (C=O) groups is 8. The Morgan fingerprint density at radius 2 is 0.638 bits per heavy atom. The number of pyridine rings is 4. The van der Waals surface area contributed by atoms with E-state index in [1.54, 1.807) is 103 Å². The number of nitriles is 2. The van der Waals surface area contributed by atoms with Gasteiger partial charge in [-0.25, -0.2) is 38.7 Å². The lowest BCUT2D eigenvalue weighted by molar-refractivity contribution is -0.142. The predicted octanol–water partition coefficient (Wildman–Crippen LogP) is 17.1. The number of hydrogen-bond donors (Lipinski definition) is 8. The number of alkyl halides is 9. The van der Waals surface area contributed by atoms with Crippen molar-refractivity contribution in [3.63, 3.8) is 0 Å². The molecule has 127 heavy (non-hydrogen) atoms. The maximum atomic E-state index is 13.4. The molecule has 4 aromatic carbocycles. The highest BCUT2D eigenvalue weighted by molar-refractivity contribution is 9.10. The van der Waals surface area contributed by atoms with Gasteiger partial charge in [0.25, 0.3) is 47.3 Å². The first-order chi connectivity index (χ1) is 59.7. The molecule has 12 rings (SSSR count). The summed E-state index contributed by atoms with van der Waals surface area (Å²) in [5.74, 6) is -4.84. The molecule has 0 spiro atoms. The molecule has 658 valence electrons. The van der Waals surface area contributed by atoms with Crippen LogP contribution in [0.2, 0.25) is 20.1 Å². The number of aryl methyl sites for hydroxylation is 6. The Balaban J connectivity index is 0.000000192. The van der Waals surface area contributed by atoms with E-state index in [1.165, 1.54) is 85.9 Å². The minimum Gasteiger partial charge on any atom is -0.355 e. The fourth-order valence-corrected chi connectivity index (χ4v) is 13.3. The number of amides is 8. The molecule has 0 radical (unpaired) electrons. The second-order valence-corrected chi connectivity index (χ2v) is 30.3. The summed E-state index contributed by atoms with van der Waals surface area (Å²) in [6.07, 6.45) is -8.67. The van der Waals surface area contributed by atoms with Crippen LogP contribution in [0.25, 0.3) is 23.3 Å². The van der Waals surface area contributed by atoms with Crippen molar-refractivity contribution >= 4 is 132 Å². The number of nitrogens with one attached hydrogen (secondary N) is 8. The first-order valence-corrected chi connectivity index (χ1v) is 39.3. The summed E-state index contributed by atoms with van der Waals surface area (Å²) < 4.78 is 124. The van der Waals surface area contributed by atoms with E-state index in [1.807, 2.05) is 39.0 Å². The van der Waals surface area contributed by atoms with Crippen molar-refractivity contribution in [1.82, 2.24) is 80.3 Å². The number of hydrogen-bond acceptors (Lipinski definition) is 18. The van der Waals surface area contributed by atoms with Crippen LogP contribution in [0.4, 0.5) is 62.3 Å². The van der Waals surface area contributed by atoms with E-state index < -0.39 is 99.9 Å². The molecule has 0 unspecified atom stereocenters. The van der Waals surface area contributed by atoms with Gasteiger partial charge in [-0.05, 0) is 191 Å². The highest BCUT2D eigenvalue weighted by Gasteiger charge is 2.40. The highest BCUT2D eigenvalue weighted by Crippen LogP contribution is 2.38. The summed E-state index contributed by atoms with van der Waals surface area (Å²) >= 11 is 27.7. The van der Waals surface area contributed by atoms with Crippen LogP contribution in [0, 0.1) is 64.2 Å². The normalized spacial score (nSPS) is 11.1. The number of rotatable bonds is 18. The van der Waals surface area contributed by atoms with Crippen molar-refractivity contribution in [2.75, 3.05) is 35.4 Å². The zero-order valence-electron chi connectivity index (χ0n) is 68.3. The van der Waals surface area contributed by atoms with Gasteiger partial charge in [0, 0.05) is 85.3 Å². The third-order valence-corrected chi connectivity index (χ3v) is 19.0. The van der Waals surface area contributed by atoms with Crippen LogP contribution in [0.1, 0.15) is 173 Å². The molecule has 44 heteroatoms. The molecule has 8 N–H and O–H groups in total. The molecule has 0 fully saturated rings. The number of nitrogens with zero attached hydrogens (tertiary/aromatic N) is 14. The predicted molar refractivity (Wildman–Crippen MR) is 456 cm³/mol. The number of aromatic nitrogens is 12. The lowest BCUT2D eigenvalue weighted by Crippen LogP contribution is -2.31. The maximum Gasteiger partial charge on any atom is 0.435 e. The maximum absolute atomic E-state index is 13.4. The molecule has 0 bridgehead atoms. The zero-order valence-corrected chi connectivity index (χ0v) is 72.9. The molecule has 0 saturated carbocycles. The van der Waals surface area contributed by atoms with Gasteiger partial charge in [-0.1, -0.05) is 70.7 Å². The Labute approximate surface area is 744 Å². The van der Waals surface area contributed by atoms with Gasteiger partial charge in [0.2, 0.25) is 0 Å². The van der Waals surface area contributed by atoms with E-state index in [0.29, 0.717) is 56.4 Å². The van der Waals surface area contributed by atoms with E-state index in [-0.39, 0.29) is 111 Å². The van der Waals surface area contributed by atoms with Crippen LogP contribution >= 0.6 is 62.3 Å². The molecule has 0 aliphatic carbocycles. The van der Waals surface area contributed by atoms with E-state index >= 15 is 0 Å². The molecule has 0 saturated heterocycles. The summed E-state index contributed by atoms with van der Waals surface area (Å²) in [7, 11) is 2.73. The van der Waals surface area contributed by atoms with E-state index in [0.717, 1.165) is 19.6 Å². The van der Waals surface area contributed by atoms with Gasteiger partial charge in [-0.3, -0.25) is 38.4 Å². The molecular formula is C83H70BrCl4F9N22O8. The first kappa shape index (κ1) is 96.9. The van der Waals surface area contributed by atoms with Crippen LogP contribution < -0.4 is 42.5 Å². The van der Waals surface area contributed by atoms with Crippen LogP contribution in [-0.4, -0.2) is 132 Å². The summed E-state index contributed by atoms with van der Waals surface area (Å²) in [5.41, 5.74) is -1.16. The molecule has 12 aromatic rings. The van der Waals surface area contributed by atoms with Crippen LogP contribution in [0.5, 0.6) is 0 Å². The molecule has 8 amide bonds. The van der Waals surface area contributed by atoms with Crippen molar-refractivity contribution in [1.29, 1.82) is 10.5 Å². The zero-order chi connectivity index (χ0) is 93.8. The minimum atomic E-state index is -4.80. The fourth-order valence-electron chi connectivity index (χ4n) is 11.8. The van der Waals surface area contributed by atoms with Gasteiger partial charge < -0.3 is 42.5 Å². The topological polar surface area (TPSA) is 403 Å². The minimum absolute atomic E-state index is 0.00599. The Morgan fingerprint density at radius 1 is 0.370 bits per heavy atom. The summed E-state index contributed by atoms with van der Waals surface area (Å²) in [6, 6.07) is 31.2. The summed E-state index contributed by atoms with van der Waals surface area (Å²) in [5, 5.41) is 54.2. The van der Waals surface area contributed by atoms with Crippen molar-refractivity contribution < 1.29 is 77.9 Å². The Hall–Kier alpha value is -13.9. The highest BCUT2D eigenvalue weighted by atomic mass is 79.9. The molecule has 0 aliphatic heterocycles. The lowest BCUT2D eigenvalue weighted by Gasteiger charge is -2.16. The molecular weight excluding hydrogens is 1830 g/mol. The number of benzene rings is 4. The lowest BCUT2D eigenvalue weighted by atomic mass is 10.0. The van der Waals surface area contributed by atoms with Crippen LogP contribution in [0.15, 0.2) is 151 Å².